The molecule has 7 nitrogen and oxygen atoms in total. The molecule has 0 unspecified atom stereocenters. The zero-order valence-electron chi connectivity index (χ0n) is 17.0. The van der Waals surface area contributed by atoms with Crippen LogP contribution in [0.15, 0.2) is 59.5 Å². The first kappa shape index (κ1) is 22.1. The molecule has 2 aromatic carbocycles. The van der Waals surface area contributed by atoms with Crippen LogP contribution in [-0.2, 0) is 21.4 Å². The smallest absolute Gasteiger partial charge is 0.240 e. The van der Waals surface area contributed by atoms with Crippen molar-refractivity contribution in [2.45, 2.75) is 37.2 Å². The van der Waals surface area contributed by atoms with Gasteiger partial charge in [-0.05, 0) is 31.0 Å². The molecule has 1 saturated heterocycles. The maximum atomic E-state index is 12.4. The normalized spacial score (nSPS) is 17.0. The Morgan fingerprint density at radius 2 is 1.87 bits per heavy atom. The summed E-state index contributed by atoms with van der Waals surface area (Å²) in [5, 5.41) is 2.98. The Balaban J connectivity index is 1.43. The maximum Gasteiger partial charge on any atom is 0.240 e. The van der Waals surface area contributed by atoms with Gasteiger partial charge in [-0.3, -0.25) is 14.5 Å². The lowest BCUT2D eigenvalue weighted by Crippen LogP contribution is -2.38. The Morgan fingerprint density at radius 3 is 2.60 bits per heavy atom. The molecule has 3 rings (SSSR count). The third-order valence-electron chi connectivity index (χ3n) is 5.08. The van der Waals surface area contributed by atoms with Gasteiger partial charge in [0.25, 0.3) is 0 Å². The first-order chi connectivity index (χ1) is 14.3. The van der Waals surface area contributed by atoms with E-state index in [-0.39, 0.29) is 35.6 Å². The molecule has 2 N–H and O–H groups in total. The maximum absolute atomic E-state index is 12.4. The molecule has 0 bridgehead atoms. The highest BCUT2D eigenvalue weighted by atomic mass is 32.2. The average Bonchev–Trinajstić information content (AvgIpc) is 3.15. The van der Waals surface area contributed by atoms with Gasteiger partial charge in [-0.25, -0.2) is 13.1 Å². The number of nitrogens with one attached hydrogen (secondary N) is 2. The van der Waals surface area contributed by atoms with Crippen molar-refractivity contribution in [2.75, 3.05) is 19.6 Å². The van der Waals surface area contributed by atoms with Gasteiger partial charge in [-0.2, -0.15) is 0 Å². The van der Waals surface area contributed by atoms with Crippen molar-refractivity contribution in [1.82, 2.24) is 14.9 Å². The number of benzene rings is 2. The van der Waals surface area contributed by atoms with Gasteiger partial charge in [0.15, 0.2) is 5.78 Å². The van der Waals surface area contributed by atoms with Gasteiger partial charge in [-0.15, -0.1) is 0 Å². The van der Waals surface area contributed by atoms with Crippen molar-refractivity contribution in [1.29, 1.82) is 0 Å². The third-order valence-corrected chi connectivity index (χ3v) is 6.54. The molecular weight excluding hydrogens is 402 g/mol. The van der Waals surface area contributed by atoms with Crippen LogP contribution in [0.1, 0.15) is 35.7 Å². The molecular formula is C22H27N3O4S. The predicted octanol–water partition coefficient (Wildman–Crippen LogP) is 1.95. The second kappa shape index (κ2) is 9.97. The highest BCUT2D eigenvalue weighted by molar-refractivity contribution is 7.89. The first-order valence-corrected chi connectivity index (χ1v) is 11.5. The van der Waals surface area contributed by atoms with Crippen molar-refractivity contribution in [3.05, 3.63) is 65.7 Å². The van der Waals surface area contributed by atoms with Crippen LogP contribution in [0.3, 0.4) is 0 Å². The fourth-order valence-corrected chi connectivity index (χ4v) is 4.58. The summed E-state index contributed by atoms with van der Waals surface area (Å²) in [7, 11) is -3.77. The molecule has 1 aliphatic rings. The topological polar surface area (TPSA) is 95.6 Å². The largest absolute Gasteiger partial charge is 0.352 e. The van der Waals surface area contributed by atoms with E-state index >= 15 is 0 Å². The number of sulfonamides is 1. The third kappa shape index (κ3) is 6.22. The van der Waals surface area contributed by atoms with E-state index in [1.54, 1.807) is 6.07 Å². The fourth-order valence-electron chi connectivity index (χ4n) is 3.50. The van der Waals surface area contributed by atoms with E-state index in [1.165, 1.54) is 30.7 Å². The Kier molecular flexibility index (Phi) is 7.36. The van der Waals surface area contributed by atoms with Crippen molar-refractivity contribution in [3.8, 4) is 0 Å². The van der Waals surface area contributed by atoms with Gasteiger partial charge in [0, 0.05) is 44.2 Å². The lowest BCUT2D eigenvalue weighted by molar-refractivity contribution is -0.121. The van der Waals surface area contributed by atoms with Crippen LogP contribution in [0.5, 0.6) is 0 Å². The van der Waals surface area contributed by atoms with Gasteiger partial charge in [0.1, 0.15) is 0 Å². The highest BCUT2D eigenvalue weighted by Crippen LogP contribution is 2.14. The molecule has 30 heavy (non-hydrogen) atoms. The van der Waals surface area contributed by atoms with Crippen LogP contribution in [0, 0.1) is 0 Å². The molecule has 0 aliphatic carbocycles. The number of carbonyl (C=O) groups is 2. The van der Waals surface area contributed by atoms with Gasteiger partial charge >= 0.3 is 0 Å². The lowest BCUT2D eigenvalue weighted by atomic mass is 10.2. The number of hydrogen-bond donors (Lipinski definition) is 2. The zero-order chi connectivity index (χ0) is 21.6. The van der Waals surface area contributed by atoms with E-state index in [9.17, 15) is 18.0 Å². The number of carbonyl (C=O) groups excluding carboxylic acids is 2. The molecule has 1 aliphatic heterocycles. The molecule has 160 valence electrons. The molecule has 0 saturated carbocycles. The molecule has 1 atom stereocenters. The summed E-state index contributed by atoms with van der Waals surface area (Å²) in [6, 6.07) is 16.1. The number of ketones is 1. The van der Waals surface area contributed by atoms with Crippen LogP contribution < -0.4 is 10.0 Å². The first-order valence-electron chi connectivity index (χ1n) is 10.00. The van der Waals surface area contributed by atoms with Crippen molar-refractivity contribution in [3.63, 3.8) is 0 Å². The second-order valence-corrected chi connectivity index (χ2v) is 9.27. The fraction of sp³-hybridized carbons (Fsp3) is 0.364. The van der Waals surface area contributed by atoms with Gasteiger partial charge < -0.3 is 5.32 Å². The molecule has 0 aromatic heterocycles. The summed E-state index contributed by atoms with van der Waals surface area (Å²) in [4.78, 5) is 26.0. The molecule has 0 spiro atoms. The Morgan fingerprint density at radius 1 is 1.10 bits per heavy atom. The minimum atomic E-state index is -3.77. The van der Waals surface area contributed by atoms with Crippen LogP contribution in [-0.4, -0.2) is 50.7 Å². The summed E-state index contributed by atoms with van der Waals surface area (Å²) >= 11 is 0. The molecule has 0 radical (unpaired) electrons. The number of hydrogen-bond acceptors (Lipinski definition) is 5. The minimum absolute atomic E-state index is 0.00108. The Hall–Kier alpha value is -2.55. The van der Waals surface area contributed by atoms with Crippen molar-refractivity contribution in [2.24, 2.45) is 0 Å². The lowest BCUT2D eigenvalue weighted by Gasteiger charge is -2.17. The minimum Gasteiger partial charge on any atom is -0.352 e. The standard InChI is InChI=1S/C22H27N3O4S/c1-17(26)19-8-5-9-21(14-19)30(28,29)23-12-10-22(27)24-20-11-13-25(16-20)15-18-6-3-2-4-7-18/h2-9,14,20,23H,10-13,15-16H2,1H3,(H,24,27)/t20-/m1/s1. The number of nitrogens with zero attached hydrogens (tertiary/aromatic N) is 1. The highest BCUT2D eigenvalue weighted by Gasteiger charge is 2.24. The Bertz CT molecular complexity index is 992. The van der Waals surface area contributed by atoms with Gasteiger partial charge in [0.05, 0.1) is 4.90 Å². The quantitative estimate of drug-likeness (QED) is 0.594. The average molecular weight is 430 g/mol. The monoisotopic (exact) mass is 429 g/mol. The molecule has 1 amide bonds. The van der Waals surface area contributed by atoms with Crippen LogP contribution in [0.2, 0.25) is 0 Å². The number of likely N-dealkylation sites (tertiary alicyclic amines) is 1. The number of amides is 1. The summed E-state index contributed by atoms with van der Waals surface area (Å²) < 4.78 is 27.2. The van der Waals surface area contributed by atoms with Crippen LogP contribution in [0.25, 0.3) is 0 Å². The summed E-state index contributed by atoms with van der Waals surface area (Å²) in [5.41, 5.74) is 1.57. The molecule has 1 heterocycles. The van der Waals surface area contributed by atoms with E-state index in [4.69, 9.17) is 0 Å². The summed E-state index contributed by atoms with van der Waals surface area (Å²) in [5.74, 6) is -0.383. The number of Topliss-reactive ketones (excluding diaryl/α,β-unsaturated/α-hetero) is 1. The summed E-state index contributed by atoms with van der Waals surface area (Å²) in [6.07, 6.45) is 0.933. The van der Waals surface area contributed by atoms with E-state index in [0.29, 0.717) is 5.56 Å². The van der Waals surface area contributed by atoms with E-state index < -0.39 is 10.0 Å². The number of rotatable bonds is 9. The van der Waals surface area contributed by atoms with E-state index in [0.717, 1.165) is 26.1 Å². The van der Waals surface area contributed by atoms with E-state index in [1.807, 2.05) is 18.2 Å². The van der Waals surface area contributed by atoms with Crippen LogP contribution >= 0.6 is 0 Å². The van der Waals surface area contributed by atoms with Gasteiger partial charge in [-0.1, -0.05) is 42.5 Å². The Labute approximate surface area is 177 Å². The van der Waals surface area contributed by atoms with Crippen LogP contribution in [0.4, 0.5) is 0 Å². The van der Waals surface area contributed by atoms with E-state index in [2.05, 4.69) is 27.1 Å². The van der Waals surface area contributed by atoms with Crippen molar-refractivity contribution >= 4 is 21.7 Å². The predicted molar refractivity (Wildman–Crippen MR) is 115 cm³/mol. The summed E-state index contributed by atoms with van der Waals surface area (Å²) in [6.45, 7) is 3.93. The zero-order valence-corrected chi connectivity index (χ0v) is 17.8. The van der Waals surface area contributed by atoms with Gasteiger partial charge in [0.2, 0.25) is 15.9 Å². The molecule has 8 heteroatoms. The SMILES string of the molecule is CC(=O)c1cccc(S(=O)(=O)NCCC(=O)N[C@@H]2CCN(Cc3ccccc3)C2)c1. The molecule has 2 aromatic rings. The molecule has 1 fully saturated rings. The second-order valence-electron chi connectivity index (χ2n) is 7.51. The van der Waals surface area contributed by atoms with Crippen molar-refractivity contribution < 1.29 is 18.0 Å².